The zero-order valence-electron chi connectivity index (χ0n) is 14.6. The van der Waals surface area contributed by atoms with Gasteiger partial charge in [0.1, 0.15) is 0 Å². The molecule has 2 N–H and O–H groups in total. The van der Waals surface area contributed by atoms with Crippen molar-refractivity contribution in [1.82, 2.24) is 15.5 Å². The number of alkyl halides is 3. The van der Waals surface area contributed by atoms with Crippen LogP contribution in [0.3, 0.4) is 0 Å². The van der Waals surface area contributed by atoms with Gasteiger partial charge in [-0.05, 0) is 31.6 Å². The van der Waals surface area contributed by atoms with Gasteiger partial charge in [0.2, 0.25) is 0 Å². The zero-order chi connectivity index (χ0) is 18.0. The minimum atomic E-state index is -4.16. The van der Waals surface area contributed by atoms with Crippen LogP contribution < -0.4 is 10.6 Å². The summed E-state index contributed by atoms with van der Waals surface area (Å²) in [5, 5.41) is 5.67. The number of benzene rings is 1. The van der Waals surface area contributed by atoms with Crippen molar-refractivity contribution in [2.45, 2.75) is 39.5 Å². The van der Waals surface area contributed by atoms with Crippen LogP contribution in [0.15, 0.2) is 29.3 Å². The predicted molar refractivity (Wildman–Crippen MR) is 91.9 cm³/mol. The zero-order valence-corrected chi connectivity index (χ0v) is 14.6. The Labute approximate surface area is 142 Å². The van der Waals surface area contributed by atoms with Crippen molar-refractivity contribution in [3.05, 3.63) is 35.4 Å². The van der Waals surface area contributed by atoms with Crippen LogP contribution in [0.5, 0.6) is 0 Å². The molecule has 136 valence electrons. The lowest BCUT2D eigenvalue weighted by Crippen LogP contribution is -2.38. The summed E-state index contributed by atoms with van der Waals surface area (Å²) < 4.78 is 36.6. The number of guanidine groups is 1. The van der Waals surface area contributed by atoms with Gasteiger partial charge in [0.15, 0.2) is 5.96 Å². The topological polar surface area (TPSA) is 39.7 Å². The monoisotopic (exact) mass is 344 g/mol. The molecule has 1 rings (SSSR count). The summed E-state index contributed by atoms with van der Waals surface area (Å²) in [4.78, 5) is 6.56. The van der Waals surface area contributed by atoms with Crippen LogP contribution in [0.1, 0.15) is 31.4 Å². The fourth-order valence-electron chi connectivity index (χ4n) is 2.08. The number of halogens is 3. The van der Waals surface area contributed by atoms with Gasteiger partial charge in [0.25, 0.3) is 0 Å². The standard InChI is InChI=1S/C17H27F3N4/c1-4-21-16(22-10-9-17(18,19)20)23-12-14-7-6-8-15(11-14)13-24(3)5-2/h6-8,11H,4-5,9-10,12-13H2,1-3H3,(H2,21,22,23). The second-order valence-corrected chi connectivity index (χ2v) is 5.64. The average molecular weight is 344 g/mol. The van der Waals surface area contributed by atoms with Crippen LogP contribution in [0.2, 0.25) is 0 Å². The van der Waals surface area contributed by atoms with E-state index in [1.54, 1.807) is 0 Å². The molecule has 0 spiro atoms. The van der Waals surface area contributed by atoms with E-state index in [2.05, 4.69) is 46.6 Å². The van der Waals surface area contributed by atoms with Gasteiger partial charge in [-0.3, -0.25) is 0 Å². The van der Waals surface area contributed by atoms with Crippen molar-refractivity contribution in [2.24, 2.45) is 4.99 Å². The first-order valence-corrected chi connectivity index (χ1v) is 8.19. The Morgan fingerprint density at radius 3 is 2.50 bits per heavy atom. The number of nitrogens with zero attached hydrogens (tertiary/aromatic N) is 2. The van der Waals surface area contributed by atoms with Crippen molar-refractivity contribution in [3.8, 4) is 0 Å². The number of hydrogen-bond acceptors (Lipinski definition) is 2. The normalized spacial score (nSPS) is 12.5. The maximum Gasteiger partial charge on any atom is 0.390 e. The molecule has 4 nitrogen and oxygen atoms in total. The molecule has 7 heteroatoms. The summed E-state index contributed by atoms with van der Waals surface area (Å²) in [6.07, 6.45) is -5.04. The summed E-state index contributed by atoms with van der Waals surface area (Å²) in [6.45, 7) is 6.64. The molecule has 0 atom stereocenters. The van der Waals surface area contributed by atoms with Crippen molar-refractivity contribution in [3.63, 3.8) is 0 Å². The van der Waals surface area contributed by atoms with E-state index in [0.29, 0.717) is 19.0 Å². The molecule has 1 aromatic carbocycles. The maximum absolute atomic E-state index is 12.2. The Morgan fingerprint density at radius 1 is 1.17 bits per heavy atom. The van der Waals surface area contributed by atoms with E-state index in [1.165, 1.54) is 5.56 Å². The van der Waals surface area contributed by atoms with Gasteiger partial charge in [0, 0.05) is 19.6 Å². The number of aliphatic imine (C=N–C) groups is 1. The SMILES string of the molecule is CCNC(=NCc1cccc(CN(C)CC)c1)NCCC(F)(F)F. The molecule has 0 radical (unpaired) electrons. The van der Waals surface area contributed by atoms with Crippen LogP contribution in [0, 0.1) is 0 Å². The summed E-state index contributed by atoms with van der Waals surface area (Å²) in [6, 6.07) is 8.09. The molecule has 0 aliphatic rings. The Hall–Kier alpha value is -1.76. The molecule has 0 fully saturated rings. The highest BCUT2D eigenvalue weighted by atomic mass is 19.4. The lowest BCUT2D eigenvalue weighted by Gasteiger charge is -2.14. The largest absolute Gasteiger partial charge is 0.390 e. The minimum absolute atomic E-state index is 0.184. The van der Waals surface area contributed by atoms with E-state index in [9.17, 15) is 13.2 Å². The van der Waals surface area contributed by atoms with E-state index in [4.69, 9.17) is 0 Å². The summed E-state index contributed by atoms with van der Waals surface area (Å²) in [7, 11) is 2.05. The predicted octanol–water partition coefficient (Wildman–Crippen LogP) is 3.15. The first kappa shape index (κ1) is 20.3. The number of rotatable bonds is 8. The molecule has 1 aromatic rings. The van der Waals surface area contributed by atoms with Gasteiger partial charge in [-0.15, -0.1) is 0 Å². The molecule has 0 saturated carbocycles. The van der Waals surface area contributed by atoms with Crippen LogP contribution >= 0.6 is 0 Å². The lowest BCUT2D eigenvalue weighted by molar-refractivity contribution is -0.132. The Kier molecular flexibility index (Phi) is 8.60. The molecular formula is C17H27F3N4. The van der Waals surface area contributed by atoms with Crippen LogP contribution in [-0.2, 0) is 13.1 Å². The number of nitrogens with one attached hydrogen (secondary N) is 2. The lowest BCUT2D eigenvalue weighted by atomic mass is 10.1. The molecule has 0 bridgehead atoms. The van der Waals surface area contributed by atoms with Gasteiger partial charge in [-0.25, -0.2) is 4.99 Å². The van der Waals surface area contributed by atoms with Crippen LogP contribution in [0.4, 0.5) is 13.2 Å². The molecule has 0 aliphatic heterocycles. The highest BCUT2D eigenvalue weighted by molar-refractivity contribution is 5.79. The van der Waals surface area contributed by atoms with E-state index in [1.807, 2.05) is 19.1 Å². The highest BCUT2D eigenvalue weighted by Gasteiger charge is 2.26. The third-order valence-corrected chi connectivity index (χ3v) is 3.45. The summed E-state index contributed by atoms with van der Waals surface area (Å²) >= 11 is 0. The van der Waals surface area contributed by atoms with Gasteiger partial charge >= 0.3 is 6.18 Å². The van der Waals surface area contributed by atoms with Crippen LogP contribution in [0.25, 0.3) is 0 Å². The molecule has 0 aliphatic carbocycles. The molecule has 0 amide bonds. The van der Waals surface area contributed by atoms with Gasteiger partial charge in [-0.1, -0.05) is 31.2 Å². The first-order chi connectivity index (χ1) is 11.3. The number of hydrogen-bond donors (Lipinski definition) is 2. The second-order valence-electron chi connectivity index (χ2n) is 5.64. The molecule has 24 heavy (non-hydrogen) atoms. The maximum atomic E-state index is 12.2. The van der Waals surface area contributed by atoms with Gasteiger partial charge in [-0.2, -0.15) is 13.2 Å². The van der Waals surface area contributed by atoms with E-state index in [0.717, 1.165) is 18.7 Å². The molecule has 0 heterocycles. The Balaban J connectivity index is 2.63. The first-order valence-electron chi connectivity index (χ1n) is 8.19. The Bertz CT molecular complexity index is 515. The molecule has 0 saturated heterocycles. The van der Waals surface area contributed by atoms with E-state index in [-0.39, 0.29) is 6.54 Å². The fraction of sp³-hybridized carbons (Fsp3) is 0.588. The molecule has 0 aromatic heterocycles. The second kappa shape index (κ2) is 10.2. The third-order valence-electron chi connectivity index (χ3n) is 3.45. The highest BCUT2D eigenvalue weighted by Crippen LogP contribution is 2.18. The Morgan fingerprint density at radius 2 is 1.88 bits per heavy atom. The van der Waals surface area contributed by atoms with Crippen molar-refractivity contribution in [1.29, 1.82) is 0 Å². The van der Waals surface area contributed by atoms with E-state index >= 15 is 0 Å². The quantitative estimate of drug-likeness (QED) is 0.562. The average Bonchev–Trinajstić information content (AvgIpc) is 2.51. The summed E-state index contributed by atoms with van der Waals surface area (Å²) in [5.74, 6) is 0.401. The smallest absolute Gasteiger partial charge is 0.357 e. The van der Waals surface area contributed by atoms with Gasteiger partial charge in [0.05, 0.1) is 13.0 Å². The third kappa shape index (κ3) is 8.76. The fourth-order valence-corrected chi connectivity index (χ4v) is 2.08. The van der Waals surface area contributed by atoms with Crippen LogP contribution in [-0.4, -0.2) is 43.7 Å². The van der Waals surface area contributed by atoms with Gasteiger partial charge < -0.3 is 15.5 Å². The van der Waals surface area contributed by atoms with Crippen molar-refractivity contribution in [2.75, 3.05) is 26.7 Å². The minimum Gasteiger partial charge on any atom is -0.357 e. The van der Waals surface area contributed by atoms with E-state index < -0.39 is 12.6 Å². The molecular weight excluding hydrogens is 317 g/mol. The molecule has 0 unspecified atom stereocenters. The summed E-state index contributed by atoms with van der Waals surface area (Å²) in [5.41, 5.74) is 2.23. The van der Waals surface area contributed by atoms with Crippen molar-refractivity contribution < 1.29 is 13.2 Å². The van der Waals surface area contributed by atoms with Crippen molar-refractivity contribution >= 4 is 5.96 Å².